The molecule has 0 aromatic rings. The summed E-state index contributed by atoms with van der Waals surface area (Å²) >= 11 is 0. The van der Waals surface area contributed by atoms with Gasteiger partial charge >= 0.3 is 0 Å². The lowest BCUT2D eigenvalue weighted by atomic mass is 10.1. The Kier molecular flexibility index (Phi) is 19.1. The fraction of sp³-hybridized carbons (Fsp3) is 0.950. The molecule has 1 fully saturated rings. The topological polar surface area (TPSA) is 58.1 Å². The van der Waals surface area contributed by atoms with Crippen LogP contribution in [-0.2, 0) is 9.47 Å². The third-order valence-electron chi connectivity index (χ3n) is 4.51. The van der Waals surface area contributed by atoms with Crippen LogP contribution < -0.4 is 10.6 Å². The van der Waals surface area contributed by atoms with Crippen LogP contribution in [0.15, 0.2) is 4.99 Å². The lowest BCUT2D eigenvalue weighted by Crippen LogP contribution is -2.37. The second-order valence-electron chi connectivity index (χ2n) is 7.42. The van der Waals surface area contributed by atoms with Gasteiger partial charge in [0.2, 0.25) is 0 Å². The van der Waals surface area contributed by atoms with E-state index in [0.717, 1.165) is 64.9 Å². The molecule has 0 aromatic heterocycles. The molecule has 0 aliphatic carbocycles. The number of rotatable bonds is 15. The normalized spacial score (nSPS) is 17.2. The van der Waals surface area contributed by atoms with Gasteiger partial charge in [-0.3, -0.25) is 4.99 Å². The number of ether oxygens (including phenoxy) is 2. The summed E-state index contributed by atoms with van der Waals surface area (Å²) in [5.41, 5.74) is 0. The van der Waals surface area contributed by atoms with Crippen molar-refractivity contribution in [1.82, 2.24) is 15.5 Å². The van der Waals surface area contributed by atoms with Gasteiger partial charge in [0.25, 0.3) is 0 Å². The van der Waals surface area contributed by atoms with Gasteiger partial charge in [0.15, 0.2) is 5.96 Å². The SMILES string of the molecule is CCNC(=NCCCOCC1CCOC1)NCCCCCCCN(C)C.I. The molecule has 1 unspecified atom stereocenters. The Morgan fingerprint density at radius 3 is 2.59 bits per heavy atom. The summed E-state index contributed by atoms with van der Waals surface area (Å²) in [5, 5.41) is 6.76. The summed E-state index contributed by atoms with van der Waals surface area (Å²) in [4.78, 5) is 6.89. The first-order valence-electron chi connectivity index (χ1n) is 10.5. The van der Waals surface area contributed by atoms with E-state index in [2.05, 4.69) is 41.5 Å². The minimum atomic E-state index is 0. The highest BCUT2D eigenvalue weighted by Gasteiger charge is 2.15. The first-order chi connectivity index (χ1) is 12.7. The number of guanidine groups is 1. The highest BCUT2D eigenvalue weighted by Crippen LogP contribution is 2.12. The lowest BCUT2D eigenvalue weighted by Gasteiger charge is -2.12. The lowest BCUT2D eigenvalue weighted by molar-refractivity contribution is 0.0893. The quantitative estimate of drug-likeness (QED) is 0.157. The van der Waals surface area contributed by atoms with Crippen LogP contribution in [0.4, 0.5) is 0 Å². The van der Waals surface area contributed by atoms with Crippen LogP contribution in [0.2, 0.25) is 0 Å². The maximum absolute atomic E-state index is 5.73. The van der Waals surface area contributed by atoms with Gasteiger partial charge in [-0.05, 0) is 53.2 Å². The van der Waals surface area contributed by atoms with E-state index >= 15 is 0 Å². The van der Waals surface area contributed by atoms with Crippen LogP contribution in [-0.4, -0.2) is 77.6 Å². The van der Waals surface area contributed by atoms with Crippen molar-refractivity contribution < 1.29 is 9.47 Å². The average molecular weight is 498 g/mol. The van der Waals surface area contributed by atoms with Gasteiger partial charge in [0.1, 0.15) is 0 Å². The van der Waals surface area contributed by atoms with E-state index in [-0.39, 0.29) is 24.0 Å². The molecule has 2 N–H and O–H groups in total. The summed E-state index contributed by atoms with van der Waals surface area (Å²) in [6, 6.07) is 0. The van der Waals surface area contributed by atoms with E-state index in [9.17, 15) is 0 Å². The molecule has 0 aromatic carbocycles. The van der Waals surface area contributed by atoms with Crippen molar-refractivity contribution >= 4 is 29.9 Å². The van der Waals surface area contributed by atoms with Gasteiger partial charge in [-0.25, -0.2) is 0 Å². The highest BCUT2D eigenvalue weighted by atomic mass is 127. The number of hydrogen-bond acceptors (Lipinski definition) is 4. The molecule has 1 aliphatic heterocycles. The van der Waals surface area contributed by atoms with Crippen LogP contribution in [0.25, 0.3) is 0 Å². The van der Waals surface area contributed by atoms with E-state index in [1.54, 1.807) is 0 Å². The Labute approximate surface area is 184 Å². The number of hydrogen-bond donors (Lipinski definition) is 2. The van der Waals surface area contributed by atoms with Crippen molar-refractivity contribution in [2.24, 2.45) is 10.9 Å². The summed E-state index contributed by atoms with van der Waals surface area (Å²) in [6.07, 6.45) is 8.57. The molecule has 1 rings (SSSR count). The molecule has 0 radical (unpaired) electrons. The third-order valence-corrected chi connectivity index (χ3v) is 4.51. The first kappa shape index (κ1) is 26.9. The zero-order valence-corrected chi connectivity index (χ0v) is 20.1. The Hall–Kier alpha value is -0.120. The standard InChI is InChI=1S/C20H42N4O2.HI/c1-4-21-20(22-12-8-6-5-7-9-14-24(2)3)23-13-10-15-25-17-19-11-16-26-18-19;/h19H,4-18H2,1-3H3,(H2,21,22,23);1H. The van der Waals surface area contributed by atoms with Crippen molar-refractivity contribution in [3.63, 3.8) is 0 Å². The summed E-state index contributed by atoms with van der Waals surface area (Å²) in [5.74, 6) is 1.53. The summed E-state index contributed by atoms with van der Waals surface area (Å²) in [6.45, 7) is 9.38. The molecule has 7 heteroatoms. The molecule has 1 atom stereocenters. The maximum Gasteiger partial charge on any atom is 0.191 e. The average Bonchev–Trinajstić information content (AvgIpc) is 3.13. The molecule has 0 amide bonds. The number of halogens is 1. The fourth-order valence-electron chi connectivity index (χ4n) is 2.95. The van der Waals surface area contributed by atoms with Crippen molar-refractivity contribution in [1.29, 1.82) is 0 Å². The predicted molar refractivity (Wildman–Crippen MR) is 125 cm³/mol. The van der Waals surface area contributed by atoms with E-state index in [0.29, 0.717) is 5.92 Å². The molecule has 1 heterocycles. The van der Waals surface area contributed by atoms with Crippen LogP contribution in [0.1, 0.15) is 51.9 Å². The molecule has 0 spiro atoms. The smallest absolute Gasteiger partial charge is 0.191 e. The Morgan fingerprint density at radius 1 is 1.11 bits per heavy atom. The third kappa shape index (κ3) is 16.5. The van der Waals surface area contributed by atoms with Crippen LogP contribution in [0.5, 0.6) is 0 Å². The van der Waals surface area contributed by atoms with Crippen LogP contribution in [0, 0.1) is 5.92 Å². The van der Waals surface area contributed by atoms with E-state index < -0.39 is 0 Å². The van der Waals surface area contributed by atoms with Gasteiger partial charge in [-0.2, -0.15) is 0 Å². The van der Waals surface area contributed by atoms with E-state index in [4.69, 9.17) is 9.47 Å². The number of nitrogens with one attached hydrogen (secondary N) is 2. The highest BCUT2D eigenvalue weighted by molar-refractivity contribution is 14.0. The first-order valence-corrected chi connectivity index (χ1v) is 10.5. The number of aliphatic imine (C=N–C) groups is 1. The zero-order valence-electron chi connectivity index (χ0n) is 17.8. The second kappa shape index (κ2) is 19.2. The molecular formula is C20H43IN4O2. The summed E-state index contributed by atoms with van der Waals surface area (Å²) in [7, 11) is 4.28. The minimum Gasteiger partial charge on any atom is -0.381 e. The van der Waals surface area contributed by atoms with Gasteiger partial charge in [-0.1, -0.05) is 19.3 Å². The molecule has 1 saturated heterocycles. The van der Waals surface area contributed by atoms with Gasteiger partial charge < -0.3 is 25.0 Å². The van der Waals surface area contributed by atoms with Crippen molar-refractivity contribution in [3.8, 4) is 0 Å². The molecular weight excluding hydrogens is 455 g/mol. The van der Waals surface area contributed by atoms with Crippen molar-refractivity contribution in [2.75, 3.05) is 66.7 Å². The minimum absolute atomic E-state index is 0. The second-order valence-corrected chi connectivity index (χ2v) is 7.42. The molecule has 6 nitrogen and oxygen atoms in total. The molecule has 27 heavy (non-hydrogen) atoms. The Morgan fingerprint density at radius 2 is 1.89 bits per heavy atom. The van der Waals surface area contributed by atoms with E-state index in [1.807, 2.05) is 0 Å². The maximum atomic E-state index is 5.73. The van der Waals surface area contributed by atoms with Crippen LogP contribution >= 0.6 is 24.0 Å². The summed E-state index contributed by atoms with van der Waals surface area (Å²) < 4.78 is 11.1. The van der Waals surface area contributed by atoms with Gasteiger partial charge in [0.05, 0.1) is 13.2 Å². The zero-order chi connectivity index (χ0) is 18.9. The predicted octanol–water partition coefficient (Wildman–Crippen LogP) is 3.11. The van der Waals surface area contributed by atoms with Gasteiger partial charge in [0, 0.05) is 38.8 Å². The van der Waals surface area contributed by atoms with Crippen LogP contribution in [0.3, 0.4) is 0 Å². The molecule has 0 saturated carbocycles. The molecule has 0 bridgehead atoms. The Bertz CT molecular complexity index is 351. The van der Waals surface area contributed by atoms with Gasteiger partial charge in [-0.15, -0.1) is 24.0 Å². The largest absolute Gasteiger partial charge is 0.381 e. The van der Waals surface area contributed by atoms with E-state index in [1.165, 1.54) is 38.6 Å². The fourth-order valence-corrected chi connectivity index (χ4v) is 2.95. The number of unbranched alkanes of at least 4 members (excludes halogenated alkanes) is 4. The van der Waals surface area contributed by atoms with Crippen molar-refractivity contribution in [2.45, 2.75) is 51.9 Å². The monoisotopic (exact) mass is 498 g/mol. The Balaban J connectivity index is 0.00000676. The molecule has 162 valence electrons. The number of nitrogens with zero attached hydrogens (tertiary/aromatic N) is 2. The van der Waals surface area contributed by atoms with Crippen molar-refractivity contribution in [3.05, 3.63) is 0 Å². The molecule has 1 aliphatic rings.